The number of pyridine rings is 1. The lowest BCUT2D eigenvalue weighted by Gasteiger charge is -2.06. The Hall–Kier alpha value is -2.99. The number of carbonyl (C=O) groups is 2. The van der Waals surface area contributed by atoms with E-state index in [0.29, 0.717) is 10.6 Å². The smallest absolute Gasteiger partial charge is 0.350 e. The quantitative estimate of drug-likeness (QED) is 0.555. The Bertz CT molecular complexity index is 935. The zero-order chi connectivity index (χ0) is 18.5. The molecule has 1 amide bonds. The lowest BCUT2D eigenvalue weighted by molar-refractivity contribution is -0.683. The normalized spacial score (nSPS) is 10.4. The standard InChI is InChI=1S/C20H18N2O3S/c1-14-13-26-19(20(24)25-2)18(14)21-17(23)12-22-10-6-9-16(11-22)15-7-4-3-5-8-15/h3-11,13H,12H2,1-2H3/p+1. The van der Waals surface area contributed by atoms with Crippen molar-refractivity contribution in [3.8, 4) is 11.1 Å². The molecule has 0 aliphatic heterocycles. The fourth-order valence-corrected chi connectivity index (χ4v) is 3.53. The van der Waals surface area contributed by atoms with Crippen molar-refractivity contribution in [1.29, 1.82) is 0 Å². The van der Waals surface area contributed by atoms with Crippen LogP contribution >= 0.6 is 11.3 Å². The maximum absolute atomic E-state index is 12.5. The van der Waals surface area contributed by atoms with Crippen LogP contribution in [0.25, 0.3) is 11.1 Å². The Kier molecular flexibility index (Phi) is 5.43. The maximum atomic E-state index is 12.5. The van der Waals surface area contributed by atoms with Gasteiger partial charge in [-0.3, -0.25) is 4.79 Å². The molecule has 0 fully saturated rings. The Morgan fingerprint density at radius 3 is 2.58 bits per heavy atom. The van der Waals surface area contributed by atoms with Gasteiger partial charge in [0.15, 0.2) is 12.4 Å². The Labute approximate surface area is 155 Å². The van der Waals surface area contributed by atoms with E-state index in [4.69, 9.17) is 4.74 Å². The fraction of sp³-hybridized carbons (Fsp3) is 0.150. The molecule has 6 heteroatoms. The Morgan fingerprint density at radius 1 is 1.12 bits per heavy atom. The van der Waals surface area contributed by atoms with Gasteiger partial charge in [0.2, 0.25) is 6.54 Å². The summed E-state index contributed by atoms with van der Waals surface area (Å²) in [6.45, 7) is 2.00. The summed E-state index contributed by atoms with van der Waals surface area (Å²) in [4.78, 5) is 24.7. The van der Waals surface area contributed by atoms with E-state index in [1.54, 1.807) is 0 Å². The molecule has 0 atom stereocenters. The number of esters is 1. The minimum absolute atomic E-state index is 0.149. The van der Waals surface area contributed by atoms with E-state index in [1.165, 1.54) is 18.4 Å². The lowest BCUT2D eigenvalue weighted by Crippen LogP contribution is -2.39. The number of benzene rings is 1. The van der Waals surface area contributed by atoms with Crippen molar-refractivity contribution in [3.05, 3.63) is 70.7 Å². The highest BCUT2D eigenvalue weighted by Crippen LogP contribution is 2.28. The van der Waals surface area contributed by atoms with Crippen LogP contribution in [-0.2, 0) is 16.1 Å². The maximum Gasteiger partial charge on any atom is 0.350 e. The molecule has 0 spiro atoms. The molecule has 0 aliphatic rings. The second kappa shape index (κ2) is 7.93. The van der Waals surface area contributed by atoms with Gasteiger partial charge in [0, 0.05) is 11.6 Å². The number of aromatic nitrogens is 1. The number of rotatable bonds is 5. The predicted molar refractivity (Wildman–Crippen MR) is 101 cm³/mol. The van der Waals surface area contributed by atoms with Gasteiger partial charge in [-0.25, -0.2) is 4.79 Å². The second-order valence-electron chi connectivity index (χ2n) is 5.79. The van der Waals surface area contributed by atoms with Crippen LogP contribution in [-0.4, -0.2) is 19.0 Å². The van der Waals surface area contributed by atoms with Crippen LogP contribution in [0.15, 0.2) is 60.2 Å². The molecular weight excluding hydrogens is 348 g/mol. The zero-order valence-electron chi connectivity index (χ0n) is 14.6. The number of amides is 1. The van der Waals surface area contributed by atoms with Crippen LogP contribution in [0.1, 0.15) is 15.2 Å². The number of anilines is 1. The summed E-state index contributed by atoms with van der Waals surface area (Å²) < 4.78 is 6.59. The van der Waals surface area contributed by atoms with Crippen molar-refractivity contribution >= 4 is 28.9 Å². The molecule has 26 heavy (non-hydrogen) atoms. The van der Waals surface area contributed by atoms with Crippen molar-refractivity contribution in [2.75, 3.05) is 12.4 Å². The van der Waals surface area contributed by atoms with Crippen molar-refractivity contribution in [2.24, 2.45) is 0 Å². The highest BCUT2D eigenvalue weighted by molar-refractivity contribution is 7.12. The number of thiophene rings is 1. The Balaban J connectivity index is 1.76. The molecule has 5 nitrogen and oxygen atoms in total. The van der Waals surface area contributed by atoms with Crippen molar-refractivity contribution in [1.82, 2.24) is 0 Å². The number of nitrogens with zero attached hydrogens (tertiary/aromatic N) is 1. The van der Waals surface area contributed by atoms with E-state index in [0.717, 1.165) is 16.7 Å². The average Bonchev–Trinajstić information content (AvgIpc) is 3.02. The predicted octanol–water partition coefficient (Wildman–Crippen LogP) is 3.44. The summed E-state index contributed by atoms with van der Waals surface area (Å²) in [6.07, 6.45) is 3.77. The molecule has 3 rings (SSSR count). The van der Waals surface area contributed by atoms with Gasteiger partial charge in [-0.2, -0.15) is 4.57 Å². The SMILES string of the molecule is COC(=O)c1scc(C)c1NC(=O)C[n+]1cccc(-c2ccccc2)c1. The largest absolute Gasteiger partial charge is 0.465 e. The van der Waals surface area contributed by atoms with Crippen LogP contribution < -0.4 is 9.88 Å². The molecule has 0 radical (unpaired) electrons. The van der Waals surface area contributed by atoms with Crippen LogP contribution in [0.4, 0.5) is 5.69 Å². The second-order valence-corrected chi connectivity index (χ2v) is 6.67. The van der Waals surface area contributed by atoms with Gasteiger partial charge in [-0.15, -0.1) is 11.3 Å². The van der Waals surface area contributed by atoms with Crippen molar-refractivity contribution < 1.29 is 18.9 Å². The van der Waals surface area contributed by atoms with Crippen LogP contribution in [0.5, 0.6) is 0 Å². The molecule has 2 aromatic heterocycles. The van der Waals surface area contributed by atoms with E-state index < -0.39 is 5.97 Å². The van der Waals surface area contributed by atoms with Crippen LogP contribution in [0.3, 0.4) is 0 Å². The molecule has 0 aliphatic carbocycles. The highest BCUT2D eigenvalue weighted by atomic mass is 32.1. The highest BCUT2D eigenvalue weighted by Gasteiger charge is 2.20. The fourth-order valence-electron chi connectivity index (χ4n) is 2.61. The number of ether oxygens (including phenoxy) is 1. The van der Waals surface area contributed by atoms with Gasteiger partial charge in [0.25, 0.3) is 5.91 Å². The summed E-state index contributed by atoms with van der Waals surface area (Å²) in [7, 11) is 1.33. The van der Waals surface area contributed by atoms with Gasteiger partial charge in [-0.1, -0.05) is 30.3 Å². The number of nitrogens with one attached hydrogen (secondary N) is 1. The van der Waals surface area contributed by atoms with Crippen molar-refractivity contribution in [3.63, 3.8) is 0 Å². The van der Waals surface area contributed by atoms with Gasteiger partial charge in [0.05, 0.1) is 12.8 Å². The third-order valence-corrected chi connectivity index (χ3v) is 4.98. The summed E-state index contributed by atoms with van der Waals surface area (Å²) in [5, 5.41) is 4.66. The first-order valence-electron chi connectivity index (χ1n) is 8.09. The summed E-state index contributed by atoms with van der Waals surface area (Å²) >= 11 is 1.26. The third kappa shape index (κ3) is 3.97. The third-order valence-electron chi connectivity index (χ3n) is 3.90. The average molecular weight is 367 g/mol. The van der Waals surface area contributed by atoms with Crippen LogP contribution in [0.2, 0.25) is 0 Å². The molecular formula is C20H19N2O3S+. The van der Waals surface area contributed by atoms with E-state index >= 15 is 0 Å². The van der Waals surface area contributed by atoms with E-state index in [2.05, 4.69) is 5.32 Å². The number of aryl methyl sites for hydroxylation is 1. The molecule has 0 unspecified atom stereocenters. The number of methoxy groups -OCH3 is 1. The van der Waals surface area contributed by atoms with Crippen LogP contribution in [0, 0.1) is 6.92 Å². The first-order valence-corrected chi connectivity index (χ1v) is 8.97. The molecule has 0 saturated carbocycles. The topological polar surface area (TPSA) is 59.3 Å². The molecule has 1 aromatic carbocycles. The minimum atomic E-state index is -0.447. The Morgan fingerprint density at radius 2 is 1.85 bits per heavy atom. The first kappa shape index (κ1) is 17.8. The minimum Gasteiger partial charge on any atom is -0.465 e. The molecule has 3 aromatic rings. The van der Waals surface area contributed by atoms with Gasteiger partial charge in [-0.05, 0) is 29.5 Å². The zero-order valence-corrected chi connectivity index (χ0v) is 15.4. The summed E-state index contributed by atoms with van der Waals surface area (Å²) in [5.41, 5.74) is 3.48. The molecule has 1 N–H and O–H groups in total. The first-order chi connectivity index (χ1) is 12.6. The number of hydrogen-bond donors (Lipinski definition) is 1. The summed E-state index contributed by atoms with van der Waals surface area (Å²) in [6, 6.07) is 13.9. The summed E-state index contributed by atoms with van der Waals surface area (Å²) in [5.74, 6) is -0.649. The number of carbonyl (C=O) groups excluding carboxylic acids is 2. The molecule has 132 valence electrons. The van der Waals surface area contributed by atoms with Gasteiger partial charge >= 0.3 is 5.97 Å². The molecule has 0 bridgehead atoms. The molecule has 2 heterocycles. The van der Waals surface area contributed by atoms with Gasteiger partial charge < -0.3 is 10.1 Å². The lowest BCUT2D eigenvalue weighted by atomic mass is 10.1. The van der Waals surface area contributed by atoms with Gasteiger partial charge in [0.1, 0.15) is 4.88 Å². The molecule has 0 saturated heterocycles. The van der Waals surface area contributed by atoms with E-state index in [9.17, 15) is 9.59 Å². The number of hydrogen-bond acceptors (Lipinski definition) is 4. The van der Waals surface area contributed by atoms with Crippen molar-refractivity contribution in [2.45, 2.75) is 13.5 Å². The monoisotopic (exact) mass is 367 g/mol. The van der Waals surface area contributed by atoms with E-state index in [-0.39, 0.29) is 12.5 Å². The van der Waals surface area contributed by atoms with E-state index in [1.807, 2.05) is 71.7 Å².